The summed E-state index contributed by atoms with van der Waals surface area (Å²) in [6.07, 6.45) is 3.60. The number of hydrogen-bond acceptors (Lipinski definition) is 4. The first-order valence-corrected chi connectivity index (χ1v) is 8.80. The molecule has 3 heterocycles. The van der Waals surface area contributed by atoms with Crippen LogP contribution in [0.4, 0.5) is 0 Å². The lowest BCUT2D eigenvalue weighted by Crippen LogP contribution is -2.35. The maximum Gasteiger partial charge on any atom is 0.154 e. The molecule has 3 aromatic rings. The Bertz CT molecular complexity index is 830. The van der Waals surface area contributed by atoms with Gasteiger partial charge >= 0.3 is 0 Å². The van der Waals surface area contributed by atoms with E-state index in [9.17, 15) is 5.11 Å². The number of hydrogen-bond donors (Lipinski definition) is 1. The monoisotopic (exact) mass is 337 g/mol. The number of para-hydroxylation sites is 1. The summed E-state index contributed by atoms with van der Waals surface area (Å²) in [5.41, 5.74) is 3.07. The Kier molecular flexibility index (Phi) is 4.42. The van der Waals surface area contributed by atoms with Gasteiger partial charge in [-0.05, 0) is 44.0 Å². The Morgan fingerprint density at radius 2 is 1.88 bits per heavy atom. The molecule has 0 atom stereocenters. The number of likely N-dealkylation sites (tertiary alicyclic amines) is 1. The fourth-order valence-electron chi connectivity index (χ4n) is 3.33. The van der Waals surface area contributed by atoms with E-state index < -0.39 is 0 Å². The number of nitrogens with zero attached hydrogens (tertiary/aromatic N) is 3. The highest BCUT2D eigenvalue weighted by atomic mass is 16.3. The van der Waals surface area contributed by atoms with Crippen LogP contribution < -0.4 is 0 Å². The van der Waals surface area contributed by atoms with E-state index in [1.165, 1.54) is 0 Å². The number of aromatic nitrogens is 2. The maximum absolute atomic E-state index is 9.72. The van der Waals surface area contributed by atoms with Crippen molar-refractivity contribution in [3.63, 3.8) is 0 Å². The van der Waals surface area contributed by atoms with Crippen molar-refractivity contribution in [1.82, 2.24) is 14.7 Å². The minimum atomic E-state index is -0.157. The topological polar surface area (TPSA) is 54.4 Å². The van der Waals surface area contributed by atoms with E-state index in [1.54, 1.807) is 0 Å². The van der Waals surface area contributed by atoms with Crippen molar-refractivity contribution in [2.24, 2.45) is 0 Å². The second-order valence-corrected chi connectivity index (χ2v) is 6.70. The third kappa shape index (κ3) is 3.52. The van der Waals surface area contributed by atoms with Gasteiger partial charge in [0.1, 0.15) is 11.5 Å². The van der Waals surface area contributed by atoms with Gasteiger partial charge in [0.15, 0.2) is 5.76 Å². The summed E-state index contributed by atoms with van der Waals surface area (Å²) in [7, 11) is 0. The fraction of sp³-hybridized carbons (Fsp3) is 0.350. The number of rotatable bonds is 4. The van der Waals surface area contributed by atoms with Gasteiger partial charge < -0.3 is 9.52 Å². The quantitative estimate of drug-likeness (QED) is 0.793. The summed E-state index contributed by atoms with van der Waals surface area (Å²) < 4.78 is 7.75. The summed E-state index contributed by atoms with van der Waals surface area (Å²) in [4.78, 5) is 2.37. The van der Waals surface area contributed by atoms with Crippen molar-refractivity contribution >= 4 is 0 Å². The molecular weight excluding hydrogens is 314 g/mol. The highest BCUT2D eigenvalue weighted by Gasteiger charge is 2.21. The molecule has 25 heavy (non-hydrogen) atoms. The van der Waals surface area contributed by atoms with E-state index in [0.717, 1.165) is 60.9 Å². The SMILES string of the molecule is Cc1ccc(-c2nn(-c3ccccc3)cc2CN2CCC(O)CC2)o1. The van der Waals surface area contributed by atoms with Gasteiger partial charge in [0.05, 0.1) is 11.8 Å². The minimum Gasteiger partial charge on any atom is -0.460 e. The molecule has 1 fully saturated rings. The molecule has 0 radical (unpaired) electrons. The third-order valence-electron chi connectivity index (χ3n) is 4.74. The van der Waals surface area contributed by atoms with Crippen molar-refractivity contribution in [2.75, 3.05) is 13.1 Å². The molecule has 5 nitrogen and oxygen atoms in total. The standard InChI is InChI=1S/C20H23N3O2/c1-15-7-8-19(25-15)20-16(13-22-11-9-18(24)10-12-22)14-23(21-20)17-5-3-2-4-6-17/h2-8,14,18,24H,9-13H2,1H3. The summed E-state index contributed by atoms with van der Waals surface area (Å²) in [6, 6.07) is 14.1. The number of aryl methyl sites for hydroxylation is 1. The summed E-state index contributed by atoms with van der Waals surface area (Å²) in [6.45, 7) is 4.58. The van der Waals surface area contributed by atoms with E-state index in [1.807, 2.05) is 54.1 Å². The predicted octanol–water partition coefficient (Wildman–Crippen LogP) is 3.40. The summed E-state index contributed by atoms with van der Waals surface area (Å²) in [5.74, 6) is 1.69. The molecule has 1 aromatic carbocycles. The molecule has 0 bridgehead atoms. The summed E-state index contributed by atoms with van der Waals surface area (Å²) >= 11 is 0. The van der Waals surface area contributed by atoms with Gasteiger partial charge in [-0.25, -0.2) is 4.68 Å². The highest BCUT2D eigenvalue weighted by Crippen LogP contribution is 2.27. The third-order valence-corrected chi connectivity index (χ3v) is 4.74. The predicted molar refractivity (Wildman–Crippen MR) is 96.5 cm³/mol. The molecule has 0 unspecified atom stereocenters. The van der Waals surface area contributed by atoms with Crippen LogP contribution in [0.5, 0.6) is 0 Å². The van der Waals surface area contributed by atoms with Crippen LogP contribution in [0.25, 0.3) is 17.1 Å². The average Bonchev–Trinajstić information content (AvgIpc) is 3.24. The second kappa shape index (κ2) is 6.86. The van der Waals surface area contributed by atoms with Crippen LogP contribution >= 0.6 is 0 Å². The van der Waals surface area contributed by atoms with Crippen LogP contribution in [0, 0.1) is 6.92 Å². The van der Waals surface area contributed by atoms with Crippen LogP contribution in [-0.2, 0) is 6.54 Å². The molecule has 4 rings (SSSR count). The zero-order chi connectivity index (χ0) is 17.2. The van der Waals surface area contributed by atoms with E-state index >= 15 is 0 Å². The van der Waals surface area contributed by atoms with Crippen LogP contribution in [-0.4, -0.2) is 39.0 Å². The number of aliphatic hydroxyl groups is 1. The molecule has 0 amide bonds. The van der Waals surface area contributed by atoms with Gasteiger partial charge in [-0.3, -0.25) is 4.90 Å². The number of furan rings is 1. The van der Waals surface area contributed by atoms with Gasteiger partial charge in [-0.1, -0.05) is 18.2 Å². The van der Waals surface area contributed by atoms with Crippen LogP contribution in [0.1, 0.15) is 24.2 Å². The Morgan fingerprint density at radius 3 is 2.56 bits per heavy atom. The fourth-order valence-corrected chi connectivity index (χ4v) is 3.33. The molecule has 0 saturated carbocycles. The first-order chi connectivity index (χ1) is 12.2. The Balaban J connectivity index is 1.67. The van der Waals surface area contributed by atoms with Gasteiger partial charge in [0, 0.05) is 31.4 Å². The lowest BCUT2D eigenvalue weighted by Gasteiger charge is -2.29. The maximum atomic E-state index is 9.72. The van der Waals surface area contributed by atoms with E-state index in [2.05, 4.69) is 11.1 Å². The first kappa shape index (κ1) is 16.1. The zero-order valence-electron chi connectivity index (χ0n) is 14.4. The van der Waals surface area contributed by atoms with Crippen molar-refractivity contribution in [3.8, 4) is 17.1 Å². The number of benzene rings is 1. The Labute approximate surface area is 147 Å². The molecular formula is C20H23N3O2. The molecule has 2 aromatic heterocycles. The molecule has 0 aliphatic carbocycles. The van der Waals surface area contributed by atoms with Gasteiger partial charge in [0.2, 0.25) is 0 Å². The minimum absolute atomic E-state index is 0.157. The molecule has 1 aliphatic heterocycles. The van der Waals surface area contributed by atoms with Crippen molar-refractivity contribution in [1.29, 1.82) is 0 Å². The van der Waals surface area contributed by atoms with Gasteiger partial charge in [0.25, 0.3) is 0 Å². The lowest BCUT2D eigenvalue weighted by molar-refractivity contribution is 0.0793. The Hall–Kier alpha value is -2.37. The summed E-state index contributed by atoms with van der Waals surface area (Å²) in [5, 5.41) is 14.5. The highest BCUT2D eigenvalue weighted by molar-refractivity contribution is 5.57. The van der Waals surface area contributed by atoms with Crippen molar-refractivity contribution < 1.29 is 9.52 Å². The molecule has 1 saturated heterocycles. The van der Waals surface area contributed by atoms with Crippen molar-refractivity contribution in [3.05, 3.63) is 60.0 Å². The van der Waals surface area contributed by atoms with Gasteiger partial charge in [-0.2, -0.15) is 5.10 Å². The molecule has 1 N–H and O–H groups in total. The van der Waals surface area contributed by atoms with E-state index in [4.69, 9.17) is 9.52 Å². The van der Waals surface area contributed by atoms with E-state index in [0.29, 0.717) is 0 Å². The Morgan fingerprint density at radius 1 is 1.12 bits per heavy atom. The van der Waals surface area contributed by atoms with Crippen molar-refractivity contribution in [2.45, 2.75) is 32.4 Å². The normalized spacial score (nSPS) is 16.4. The largest absolute Gasteiger partial charge is 0.460 e. The molecule has 130 valence electrons. The molecule has 1 aliphatic rings. The zero-order valence-corrected chi connectivity index (χ0v) is 14.4. The first-order valence-electron chi connectivity index (χ1n) is 8.80. The lowest BCUT2D eigenvalue weighted by atomic mass is 10.1. The number of piperidine rings is 1. The second-order valence-electron chi connectivity index (χ2n) is 6.70. The average molecular weight is 337 g/mol. The molecule has 5 heteroatoms. The van der Waals surface area contributed by atoms with Crippen LogP contribution in [0.3, 0.4) is 0 Å². The van der Waals surface area contributed by atoms with Crippen LogP contribution in [0.2, 0.25) is 0 Å². The smallest absolute Gasteiger partial charge is 0.154 e. The number of aliphatic hydroxyl groups excluding tert-OH is 1. The molecule has 0 spiro atoms. The van der Waals surface area contributed by atoms with Gasteiger partial charge in [-0.15, -0.1) is 0 Å². The van der Waals surface area contributed by atoms with E-state index in [-0.39, 0.29) is 6.10 Å². The van der Waals surface area contributed by atoms with Crippen LogP contribution in [0.15, 0.2) is 53.1 Å².